The fraction of sp³-hybridized carbons (Fsp3) is 0.304. The van der Waals surface area contributed by atoms with Crippen molar-refractivity contribution < 1.29 is 22.7 Å². The van der Waals surface area contributed by atoms with Crippen molar-refractivity contribution in [2.24, 2.45) is 5.92 Å². The first-order valence-electron chi connectivity index (χ1n) is 10.2. The van der Waals surface area contributed by atoms with Crippen molar-refractivity contribution in [3.05, 3.63) is 59.8 Å². The quantitative estimate of drug-likeness (QED) is 0.462. The first-order valence-corrected chi connectivity index (χ1v) is 11.7. The molecule has 0 saturated carbocycles. The SMILES string of the molecule is COc1ccc(S(=O)(=O)n2c3c(c4ccccc42)[C@@H]2C[C@@H](CCN2C(=O)C=O)C3)cc1. The Morgan fingerprint density at radius 3 is 2.58 bits per heavy atom. The molecule has 2 aliphatic rings. The number of benzene rings is 2. The molecule has 1 fully saturated rings. The third kappa shape index (κ3) is 2.96. The average molecular weight is 439 g/mol. The number of piperidine rings is 1. The molecule has 1 aliphatic carbocycles. The molecule has 0 unspecified atom stereocenters. The van der Waals surface area contributed by atoms with Crippen LogP contribution in [-0.2, 0) is 26.0 Å². The number of carbonyl (C=O) groups is 2. The van der Waals surface area contributed by atoms with E-state index in [0.29, 0.717) is 36.2 Å². The van der Waals surface area contributed by atoms with Gasteiger partial charge in [0, 0.05) is 23.2 Å². The molecule has 1 aliphatic heterocycles. The summed E-state index contributed by atoms with van der Waals surface area (Å²) in [6.45, 7) is 0.511. The first kappa shape index (κ1) is 19.8. The second kappa shape index (κ2) is 7.23. The van der Waals surface area contributed by atoms with Gasteiger partial charge in [-0.1, -0.05) is 18.2 Å². The van der Waals surface area contributed by atoms with Gasteiger partial charge in [-0.05, 0) is 55.5 Å². The summed E-state index contributed by atoms with van der Waals surface area (Å²) in [6, 6.07) is 13.4. The predicted molar refractivity (Wildman–Crippen MR) is 114 cm³/mol. The number of carbonyl (C=O) groups excluding carboxylic acids is 2. The van der Waals surface area contributed by atoms with Crippen LogP contribution in [0.5, 0.6) is 5.75 Å². The van der Waals surface area contributed by atoms with E-state index in [2.05, 4.69) is 0 Å². The fourth-order valence-corrected chi connectivity index (χ4v) is 6.66. The van der Waals surface area contributed by atoms with Gasteiger partial charge in [0.25, 0.3) is 15.9 Å². The number of nitrogens with zero attached hydrogens (tertiary/aromatic N) is 2. The highest BCUT2D eigenvalue weighted by Crippen LogP contribution is 2.47. The standard InChI is InChI=1S/C23H22N2O5S/c1-30-16-6-8-17(9-7-16)31(28,29)25-19-5-3-2-4-18(19)23-20-12-15(13-21(23)25)10-11-24(20)22(27)14-26/h2-9,14-15,20H,10-13H2,1H3/t15-,20+/m1/s1. The molecule has 8 heteroatoms. The maximum Gasteiger partial charge on any atom is 0.287 e. The molecule has 2 bridgehead atoms. The predicted octanol–water partition coefficient (Wildman–Crippen LogP) is 2.92. The number of ether oxygens (including phenoxy) is 1. The summed E-state index contributed by atoms with van der Waals surface area (Å²) in [5.41, 5.74) is 2.15. The minimum absolute atomic E-state index is 0.174. The van der Waals surface area contributed by atoms with Crippen molar-refractivity contribution in [3.8, 4) is 5.75 Å². The summed E-state index contributed by atoms with van der Waals surface area (Å²) < 4.78 is 34.1. The topological polar surface area (TPSA) is 85.7 Å². The summed E-state index contributed by atoms with van der Waals surface area (Å²) in [5.74, 6) is 0.296. The Kier molecular flexibility index (Phi) is 4.62. The molecular weight excluding hydrogens is 416 g/mol. The third-order valence-electron chi connectivity index (χ3n) is 6.48. The molecule has 1 saturated heterocycles. The van der Waals surface area contributed by atoms with E-state index in [4.69, 9.17) is 4.74 Å². The summed E-state index contributed by atoms with van der Waals surface area (Å²) >= 11 is 0. The van der Waals surface area contributed by atoms with Crippen LogP contribution in [0.1, 0.15) is 30.1 Å². The van der Waals surface area contributed by atoms with E-state index in [1.54, 1.807) is 35.2 Å². The molecule has 0 N–H and O–H groups in total. The zero-order chi connectivity index (χ0) is 21.8. The number of aromatic nitrogens is 1. The highest BCUT2D eigenvalue weighted by atomic mass is 32.2. The molecule has 2 aromatic carbocycles. The van der Waals surface area contributed by atoms with Crippen LogP contribution in [0.2, 0.25) is 0 Å². The molecule has 3 aromatic rings. The molecule has 31 heavy (non-hydrogen) atoms. The van der Waals surface area contributed by atoms with E-state index in [-0.39, 0.29) is 16.9 Å². The molecule has 1 amide bonds. The second-order valence-electron chi connectivity index (χ2n) is 8.08. The maximum atomic E-state index is 13.8. The summed E-state index contributed by atoms with van der Waals surface area (Å²) in [4.78, 5) is 25.3. The molecule has 2 heterocycles. The summed E-state index contributed by atoms with van der Waals surface area (Å²) in [7, 11) is -2.34. The highest BCUT2D eigenvalue weighted by molar-refractivity contribution is 7.90. The Morgan fingerprint density at radius 2 is 1.87 bits per heavy atom. The van der Waals surface area contributed by atoms with E-state index < -0.39 is 15.9 Å². The van der Waals surface area contributed by atoms with Gasteiger partial charge in [0.05, 0.1) is 23.6 Å². The van der Waals surface area contributed by atoms with Crippen LogP contribution in [-0.4, -0.2) is 43.1 Å². The lowest BCUT2D eigenvalue weighted by Gasteiger charge is -2.42. The van der Waals surface area contributed by atoms with Crippen molar-refractivity contribution in [2.45, 2.75) is 30.2 Å². The van der Waals surface area contributed by atoms with E-state index in [1.165, 1.54) is 11.1 Å². The van der Waals surface area contributed by atoms with Crippen molar-refractivity contribution in [2.75, 3.05) is 13.7 Å². The van der Waals surface area contributed by atoms with E-state index in [1.807, 2.05) is 18.2 Å². The van der Waals surface area contributed by atoms with Gasteiger partial charge < -0.3 is 9.64 Å². The first-order chi connectivity index (χ1) is 15.0. The molecule has 5 rings (SSSR count). The van der Waals surface area contributed by atoms with Crippen molar-refractivity contribution in [1.29, 1.82) is 0 Å². The van der Waals surface area contributed by atoms with Gasteiger partial charge in [-0.25, -0.2) is 12.4 Å². The van der Waals surface area contributed by atoms with Crippen LogP contribution in [0, 0.1) is 5.92 Å². The number of methoxy groups -OCH3 is 1. The normalized spacial score (nSPS) is 20.4. The van der Waals surface area contributed by atoms with E-state index >= 15 is 0 Å². The van der Waals surface area contributed by atoms with E-state index in [9.17, 15) is 18.0 Å². The number of hydrogen-bond acceptors (Lipinski definition) is 5. The van der Waals surface area contributed by atoms with Gasteiger partial charge in [0.2, 0.25) is 6.29 Å². The number of aldehydes is 1. The van der Waals surface area contributed by atoms with Crippen molar-refractivity contribution >= 4 is 33.1 Å². The second-order valence-corrected chi connectivity index (χ2v) is 9.87. The lowest BCUT2D eigenvalue weighted by Crippen LogP contribution is -2.44. The monoisotopic (exact) mass is 438 g/mol. The molecule has 160 valence electrons. The van der Waals surface area contributed by atoms with Crippen LogP contribution in [0.15, 0.2) is 53.4 Å². The van der Waals surface area contributed by atoms with Crippen LogP contribution >= 0.6 is 0 Å². The van der Waals surface area contributed by atoms with Gasteiger partial charge in [-0.15, -0.1) is 0 Å². The Labute approximate surface area is 180 Å². The Morgan fingerprint density at radius 1 is 1.13 bits per heavy atom. The van der Waals surface area contributed by atoms with Crippen LogP contribution in [0.3, 0.4) is 0 Å². The molecule has 0 spiro atoms. The lowest BCUT2D eigenvalue weighted by molar-refractivity contribution is -0.142. The van der Waals surface area contributed by atoms with Gasteiger partial charge in [0.15, 0.2) is 0 Å². The van der Waals surface area contributed by atoms with Gasteiger partial charge in [0.1, 0.15) is 5.75 Å². The Bertz CT molecular complexity index is 1290. The number of para-hydroxylation sites is 1. The van der Waals surface area contributed by atoms with Crippen molar-refractivity contribution in [1.82, 2.24) is 8.87 Å². The molecule has 1 aromatic heterocycles. The molecule has 2 atom stereocenters. The fourth-order valence-electron chi connectivity index (χ4n) is 5.08. The molecule has 0 radical (unpaired) electrons. The minimum atomic E-state index is -3.87. The lowest BCUT2D eigenvalue weighted by atomic mass is 9.78. The van der Waals surface area contributed by atoms with Crippen molar-refractivity contribution in [3.63, 3.8) is 0 Å². The number of likely N-dealkylation sites (tertiary alicyclic amines) is 1. The molecular formula is C23H22N2O5S. The Balaban J connectivity index is 1.75. The number of rotatable bonds is 4. The Hall–Kier alpha value is -3.13. The molecule has 7 nitrogen and oxygen atoms in total. The summed E-state index contributed by atoms with van der Waals surface area (Å²) in [5, 5.41) is 0.809. The average Bonchev–Trinajstić information content (AvgIpc) is 3.13. The van der Waals surface area contributed by atoms with Gasteiger partial charge >= 0.3 is 0 Å². The smallest absolute Gasteiger partial charge is 0.287 e. The van der Waals surface area contributed by atoms with Crippen LogP contribution in [0.25, 0.3) is 10.9 Å². The number of fused-ring (bicyclic) bond motifs is 6. The number of hydrogen-bond donors (Lipinski definition) is 0. The van der Waals surface area contributed by atoms with Gasteiger partial charge in [-0.2, -0.15) is 0 Å². The maximum absolute atomic E-state index is 13.8. The van der Waals surface area contributed by atoms with E-state index in [0.717, 1.165) is 23.8 Å². The largest absolute Gasteiger partial charge is 0.497 e. The highest BCUT2D eigenvalue weighted by Gasteiger charge is 2.42. The number of amides is 1. The zero-order valence-corrected chi connectivity index (χ0v) is 17.8. The van der Waals surface area contributed by atoms with Crippen LogP contribution in [0.4, 0.5) is 0 Å². The summed E-state index contributed by atoms with van der Waals surface area (Å²) in [6.07, 6.45) is 2.46. The zero-order valence-electron chi connectivity index (χ0n) is 17.0. The van der Waals surface area contributed by atoms with Crippen LogP contribution < -0.4 is 4.74 Å². The minimum Gasteiger partial charge on any atom is -0.497 e. The third-order valence-corrected chi connectivity index (χ3v) is 8.24. The van der Waals surface area contributed by atoms with Gasteiger partial charge in [-0.3, -0.25) is 9.59 Å².